The molecule has 0 radical (unpaired) electrons. The average molecular weight is 309 g/mol. The zero-order valence-corrected chi connectivity index (χ0v) is 9.81. The standard InChI is InChI=1S/C8H12IN3O2/c9-7-5-11-6-12(8(7)13)2-4-14-3-1-10/h5-6H,1-4,10H2. The predicted molar refractivity (Wildman–Crippen MR) is 61.1 cm³/mol. The summed E-state index contributed by atoms with van der Waals surface area (Å²) < 4.78 is 7.31. The van der Waals surface area contributed by atoms with E-state index in [0.717, 1.165) is 0 Å². The Labute approximate surface area is 95.4 Å². The maximum atomic E-state index is 11.5. The van der Waals surface area contributed by atoms with Gasteiger partial charge in [-0.05, 0) is 22.6 Å². The number of nitrogens with zero attached hydrogens (tertiary/aromatic N) is 2. The smallest absolute Gasteiger partial charge is 0.266 e. The molecule has 1 aromatic heterocycles. The van der Waals surface area contributed by atoms with E-state index < -0.39 is 0 Å². The van der Waals surface area contributed by atoms with E-state index in [1.54, 1.807) is 6.20 Å². The van der Waals surface area contributed by atoms with Gasteiger partial charge in [0, 0.05) is 12.7 Å². The van der Waals surface area contributed by atoms with E-state index in [1.807, 2.05) is 22.6 Å². The van der Waals surface area contributed by atoms with Crippen molar-refractivity contribution >= 4 is 22.6 Å². The molecule has 5 nitrogen and oxygen atoms in total. The second-order valence-electron chi connectivity index (χ2n) is 2.64. The van der Waals surface area contributed by atoms with E-state index in [0.29, 0.717) is 29.9 Å². The van der Waals surface area contributed by atoms with Gasteiger partial charge in [0.1, 0.15) is 0 Å². The van der Waals surface area contributed by atoms with E-state index in [-0.39, 0.29) is 5.56 Å². The van der Waals surface area contributed by atoms with Crippen LogP contribution in [-0.2, 0) is 11.3 Å². The highest BCUT2D eigenvalue weighted by molar-refractivity contribution is 14.1. The predicted octanol–water partition coefficient (Wildman–Crippen LogP) is -0.177. The number of hydrogen-bond donors (Lipinski definition) is 1. The number of halogens is 1. The number of rotatable bonds is 5. The van der Waals surface area contributed by atoms with Gasteiger partial charge in [0.15, 0.2) is 0 Å². The van der Waals surface area contributed by atoms with Crippen molar-refractivity contribution in [3.8, 4) is 0 Å². The van der Waals surface area contributed by atoms with Crippen molar-refractivity contribution in [2.75, 3.05) is 19.8 Å². The molecule has 0 saturated carbocycles. The maximum absolute atomic E-state index is 11.5. The monoisotopic (exact) mass is 309 g/mol. The van der Waals surface area contributed by atoms with Crippen LogP contribution in [0.25, 0.3) is 0 Å². The van der Waals surface area contributed by atoms with Gasteiger partial charge in [-0.2, -0.15) is 0 Å². The van der Waals surface area contributed by atoms with E-state index >= 15 is 0 Å². The quantitative estimate of drug-likeness (QED) is 0.605. The molecule has 1 heterocycles. The third-order valence-electron chi connectivity index (χ3n) is 1.60. The first-order valence-electron chi connectivity index (χ1n) is 4.23. The third kappa shape index (κ3) is 3.35. The Hall–Kier alpha value is -0.470. The van der Waals surface area contributed by atoms with Gasteiger partial charge in [-0.25, -0.2) is 4.98 Å². The first-order chi connectivity index (χ1) is 6.75. The van der Waals surface area contributed by atoms with E-state index in [1.165, 1.54) is 10.9 Å². The molecule has 6 heteroatoms. The fourth-order valence-electron chi connectivity index (χ4n) is 0.932. The van der Waals surface area contributed by atoms with Crippen molar-refractivity contribution in [2.24, 2.45) is 5.73 Å². The van der Waals surface area contributed by atoms with Crippen molar-refractivity contribution in [1.82, 2.24) is 9.55 Å². The molecule has 0 spiro atoms. The van der Waals surface area contributed by atoms with Crippen molar-refractivity contribution in [1.29, 1.82) is 0 Å². The lowest BCUT2D eigenvalue weighted by Gasteiger charge is -2.05. The molecular weight excluding hydrogens is 297 g/mol. The number of aromatic nitrogens is 2. The van der Waals surface area contributed by atoms with Crippen molar-refractivity contribution in [3.05, 3.63) is 26.4 Å². The molecule has 14 heavy (non-hydrogen) atoms. The lowest BCUT2D eigenvalue weighted by Crippen LogP contribution is -2.25. The Kier molecular flexibility index (Phi) is 5.05. The lowest BCUT2D eigenvalue weighted by molar-refractivity contribution is 0.132. The van der Waals surface area contributed by atoms with Crippen molar-refractivity contribution in [3.63, 3.8) is 0 Å². The van der Waals surface area contributed by atoms with Gasteiger partial charge in [-0.3, -0.25) is 9.36 Å². The van der Waals surface area contributed by atoms with Gasteiger partial charge in [0.25, 0.3) is 5.56 Å². The molecular formula is C8H12IN3O2. The van der Waals surface area contributed by atoms with Crippen LogP contribution in [0.3, 0.4) is 0 Å². The van der Waals surface area contributed by atoms with Gasteiger partial charge in [-0.1, -0.05) is 0 Å². The average Bonchev–Trinajstić information content (AvgIpc) is 2.19. The highest BCUT2D eigenvalue weighted by Gasteiger charge is 1.99. The normalized spacial score (nSPS) is 10.4. The summed E-state index contributed by atoms with van der Waals surface area (Å²) in [5.41, 5.74) is 5.22. The third-order valence-corrected chi connectivity index (χ3v) is 2.34. The van der Waals surface area contributed by atoms with Crippen LogP contribution in [-0.4, -0.2) is 29.3 Å². The number of ether oxygens (including phenoxy) is 1. The van der Waals surface area contributed by atoms with Gasteiger partial charge >= 0.3 is 0 Å². The minimum atomic E-state index is -0.0306. The Morgan fingerprint density at radius 1 is 1.57 bits per heavy atom. The van der Waals surface area contributed by atoms with E-state index in [2.05, 4.69) is 4.98 Å². The molecule has 1 aromatic rings. The van der Waals surface area contributed by atoms with Crippen LogP contribution in [0.2, 0.25) is 0 Å². The first kappa shape index (κ1) is 11.6. The van der Waals surface area contributed by atoms with Crippen molar-refractivity contribution in [2.45, 2.75) is 6.54 Å². The minimum absolute atomic E-state index is 0.0306. The minimum Gasteiger partial charge on any atom is -0.378 e. The van der Waals surface area contributed by atoms with Gasteiger partial charge in [0.2, 0.25) is 0 Å². The van der Waals surface area contributed by atoms with Crippen LogP contribution in [0.5, 0.6) is 0 Å². The summed E-state index contributed by atoms with van der Waals surface area (Å²) >= 11 is 1.96. The highest BCUT2D eigenvalue weighted by atomic mass is 127. The summed E-state index contributed by atoms with van der Waals surface area (Å²) in [6.07, 6.45) is 3.05. The molecule has 78 valence electrons. The summed E-state index contributed by atoms with van der Waals surface area (Å²) in [4.78, 5) is 15.4. The van der Waals surface area contributed by atoms with Crippen molar-refractivity contribution < 1.29 is 4.74 Å². The Balaban J connectivity index is 2.51. The van der Waals surface area contributed by atoms with Gasteiger partial charge in [-0.15, -0.1) is 0 Å². The fourth-order valence-corrected chi connectivity index (χ4v) is 1.40. The Morgan fingerprint density at radius 2 is 2.36 bits per heavy atom. The summed E-state index contributed by atoms with van der Waals surface area (Å²) in [5.74, 6) is 0. The first-order valence-corrected chi connectivity index (χ1v) is 5.31. The zero-order valence-electron chi connectivity index (χ0n) is 7.65. The topological polar surface area (TPSA) is 70.1 Å². The van der Waals surface area contributed by atoms with Crippen LogP contribution in [0, 0.1) is 3.57 Å². The summed E-state index contributed by atoms with van der Waals surface area (Å²) in [6, 6.07) is 0. The molecule has 0 saturated heterocycles. The Bertz CT molecular complexity index is 340. The number of nitrogens with two attached hydrogens (primary N) is 1. The second kappa shape index (κ2) is 6.10. The molecule has 0 aliphatic heterocycles. The molecule has 0 aromatic carbocycles. The summed E-state index contributed by atoms with van der Waals surface area (Å²) in [5, 5.41) is 0. The molecule has 2 N–H and O–H groups in total. The summed E-state index contributed by atoms with van der Waals surface area (Å²) in [7, 11) is 0. The highest BCUT2D eigenvalue weighted by Crippen LogP contribution is 1.92. The molecule has 0 amide bonds. The SMILES string of the molecule is NCCOCCn1cncc(I)c1=O. The largest absolute Gasteiger partial charge is 0.378 e. The molecule has 0 aliphatic carbocycles. The molecule has 0 atom stereocenters. The van der Waals surface area contributed by atoms with Crippen LogP contribution in [0.1, 0.15) is 0 Å². The van der Waals surface area contributed by atoms with Crippen LogP contribution >= 0.6 is 22.6 Å². The lowest BCUT2D eigenvalue weighted by atomic mass is 10.6. The molecule has 0 fully saturated rings. The van der Waals surface area contributed by atoms with Gasteiger partial charge in [0.05, 0.1) is 29.7 Å². The van der Waals surface area contributed by atoms with Crippen LogP contribution < -0.4 is 11.3 Å². The molecule has 0 aliphatic rings. The van der Waals surface area contributed by atoms with E-state index in [4.69, 9.17) is 10.5 Å². The number of hydrogen-bond acceptors (Lipinski definition) is 4. The van der Waals surface area contributed by atoms with Crippen LogP contribution in [0.4, 0.5) is 0 Å². The van der Waals surface area contributed by atoms with Gasteiger partial charge < -0.3 is 10.5 Å². The maximum Gasteiger partial charge on any atom is 0.266 e. The zero-order chi connectivity index (χ0) is 10.4. The second-order valence-corrected chi connectivity index (χ2v) is 3.80. The van der Waals surface area contributed by atoms with Crippen LogP contribution in [0.15, 0.2) is 17.3 Å². The molecule has 1 rings (SSSR count). The van der Waals surface area contributed by atoms with E-state index in [9.17, 15) is 4.79 Å². The summed E-state index contributed by atoms with van der Waals surface area (Å²) in [6.45, 7) is 2.02. The fraction of sp³-hybridized carbons (Fsp3) is 0.500. The molecule has 0 unspecified atom stereocenters. The molecule has 0 bridgehead atoms. The Morgan fingerprint density at radius 3 is 3.07 bits per heavy atom.